The molecule has 1 atom stereocenters. The van der Waals surface area contributed by atoms with Gasteiger partial charge in [0.05, 0.1) is 25.9 Å². The molecule has 2 N–H and O–H groups in total. The second-order valence-electron chi connectivity index (χ2n) is 3.77. The minimum absolute atomic E-state index is 0.0997. The highest BCUT2D eigenvalue weighted by Gasteiger charge is 2.13. The predicted molar refractivity (Wildman–Crippen MR) is 63.5 cm³/mol. The third kappa shape index (κ3) is 3.78. The van der Waals surface area contributed by atoms with Crippen LogP contribution in [0.3, 0.4) is 0 Å². The summed E-state index contributed by atoms with van der Waals surface area (Å²) < 4.78 is 10.8. The van der Waals surface area contributed by atoms with E-state index in [-0.39, 0.29) is 6.10 Å². The van der Waals surface area contributed by atoms with Gasteiger partial charge in [-0.05, 0) is 12.1 Å². The zero-order chi connectivity index (χ0) is 12.1. The fraction of sp³-hybridized carbons (Fsp3) is 0.545. The third-order valence-corrected chi connectivity index (χ3v) is 3.50. The van der Waals surface area contributed by atoms with Gasteiger partial charge in [-0.1, -0.05) is 0 Å². The topological polar surface area (TPSA) is 67.8 Å². The first-order valence-corrected chi connectivity index (χ1v) is 6.29. The van der Waals surface area contributed by atoms with Crippen LogP contribution in [0.5, 0.6) is 0 Å². The van der Waals surface area contributed by atoms with Crippen LogP contribution in [0.25, 0.3) is 0 Å². The second-order valence-corrected chi connectivity index (χ2v) is 4.94. The van der Waals surface area contributed by atoms with Gasteiger partial charge in [-0.2, -0.15) is 0 Å². The number of nitrogens with one attached hydrogen (secondary N) is 1. The normalized spacial score (nSPS) is 20.4. The van der Waals surface area contributed by atoms with Gasteiger partial charge in [0, 0.05) is 18.0 Å². The number of aromatic carboxylic acids is 1. The van der Waals surface area contributed by atoms with E-state index in [9.17, 15) is 4.79 Å². The van der Waals surface area contributed by atoms with Crippen LogP contribution in [0.1, 0.15) is 14.5 Å². The highest BCUT2D eigenvalue weighted by atomic mass is 32.1. The molecule has 1 aliphatic heterocycles. The van der Waals surface area contributed by atoms with E-state index >= 15 is 0 Å². The van der Waals surface area contributed by atoms with Crippen molar-refractivity contribution in [2.75, 3.05) is 26.4 Å². The quantitative estimate of drug-likeness (QED) is 0.822. The monoisotopic (exact) mass is 257 g/mol. The standard InChI is InChI=1S/C11H15NO4S/c13-11(14)10-2-1-9(17-10)6-12-5-8-7-15-3-4-16-8/h1-2,8,12H,3-7H2,(H,13,14). The lowest BCUT2D eigenvalue weighted by atomic mass is 10.3. The SMILES string of the molecule is O=C(O)c1ccc(CNCC2COCCO2)s1. The van der Waals surface area contributed by atoms with Gasteiger partial charge in [0.15, 0.2) is 0 Å². The van der Waals surface area contributed by atoms with Gasteiger partial charge in [-0.3, -0.25) is 0 Å². The van der Waals surface area contributed by atoms with Crippen molar-refractivity contribution in [1.29, 1.82) is 0 Å². The Kier molecular flexibility index (Phi) is 4.49. The summed E-state index contributed by atoms with van der Waals surface area (Å²) in [5.74, 6) is -0.870. The summed E-state index contributed by atoms with van der Waals surface area (Å²) in [4.78, 5) is 12.1. The average molecular weight is 257 g/mol. The van der Waals surface area contributed by atoms with Gasteiger partial charge in [0.1, 0.15) is 4.88 Å². The molecule has 0 bridgehead atoms. The number of hydrogen-bond donors (Lipinski definition) is 2. The third-order valence-electron chi connectivity index (χ3n) is 2.43. The fourth-order valence-corrected chi connectivity index (χ4v) is 2.41. The summed E-state index contributed by atoms with van der Waals surface area (Å²) in [6.45, 7) is 3.33. The van der Waals surface area contributed by atoms with Crippen LogP contribution in [-0.2, 0) is 16.0 Å². The summed E-state index contributed by atoms with van der Waals surface area (Å²) in [5, 5.41) is 12.0. The Hall–Kier alpha value is -0.950. The van der Waals surface area contributed by atoms with Crippen molar-refractivity contribution >= 4 is 17.3 Å². The molecule has 94 valence electrons. The van der Waals surface area contributed by atoms with E-state index in [1.54, 1.807) is 6.07 Å². The van der Waals surface area contributed by atoms with Crippen molar-refractivity contribution < 1.29 is 19.4 Å². The molecule has 0 radical (unpaired) electrons. The maximum absolute atomic E-state index is 10.7. The molecule has 1 unspecified atom stereocenters. The second kappa shape index (κ2) is 6.11. The van der Waals surface area contributed by atoms with E-state index in [1.807, 2.05) is 6.07 Å². The van der Waals surface area contributed by atoms with Crippen LogP contribution in [-0.4, -0.2) is 43.5 Å². The largest absolute Gasteiger partial charge is 0.477 e. The Balaban J connectivity index is 1.71. The Morgan fingerprint density at radius 1 is 1.53 bits per heavy atom. The van der Waals surface area contributed by atoms with Gasteiger partial charge >= 0.3 is 5.97 Å². The van der Waals surface area contributed by atoms with Crippen molar-refractivity contribution in [3.63, 3.8) is 0 Å². The fourth-order valence-electron chi connectivity index (χ4n) is 1.60. The van der Waals surface area contributed by atoms with Crippen LogP contribution in [0.2, 0.25) is 0 Å². The molecule has 0 aliphatic carbocycles. The molecule has 2 rings (SSSR count). The van der Waals surface area contributed by atoms with Crippen LogP contribution < -0.4 is 5.32 Å². The summed E-state index contributed by atoms with van der Waals surface area (Å²) in [7, 11) is 0. The van der Waals surface area contributed by atoms with E-state index < -0.39 is 5.97 Å². The molecule has 1 fully saturated rings. The van der Waals surface area contributed by atoms with E-state index in [0.29, 0.717) is 31.2 Å². The zero-order valence-electron chi connectivity index (χ0n) is 9.35. The predicted octanol–water partition coefficient (Wildman–Crippen LogP) is 0.951. The van der Waals surface area contributed by atoms with Crippen LogP contribution in [0.4, 0.5) is 0 Å². The lowest BCUT2D eigenvalue weighted by Gasteiger charge is -2.22. The molecule has 17 heavy (non-hydrogen) atoms. The average Bonchev–Trinajstić information content (AvgIpc) is 2.79. The van der Waals surface area contributed by atoms with E-state index in [2.05, 4.69) is 5.32 Å². The Bertz CT molecular complexity index is 373. The molecule has 0 saturated carbocycles. The maximum Gasteiger partial charge on any atom is 0.345 e. The van der Waals surface area contributed by atoms with E-state index in [0.717, 1.165) is 11.4 Å². The van der Waals surface area contributed by atoms with Gasteiger partial charge in [-0.15, -0.1) is 11.3 Å². The molecule has 1 saturated heterocycles. The molecular formula is C11H15NO4S. The molecule has 1 aromatic rings. The maximum atomic E-state index is 10.7. The number of carboxylic acid groups (broad SMARTS) is 1. The summed E-state index contributed by atoms with van der Waals surface area (Å²) in [5.41, 5.74) is 0. The van der Waals surface area contributed by atoms with Crippen molar-refractivity contribution in [1.82, 2.24) is 5.32 Å². The number of hydrogen-bond acceptors (Lipinski definition) is 5. The Morgan fingerprint density at radius 2 is 2.41 bits per heavy atom. The molecule has 0 aromatic carbocycles. The minimum atomic E-state index is -0.870. The first kappa shape index (κ1) is 12.5. The molecule has 6 heteroatoms. The number of ether oxygens (including phenoxy) is 2. The molecule has 1 aromatic heterocycles. The van der Waals surface area contributed by atoms with Crippen molar-refractivity contribution in [3.05, 3.63) is 21.9 Å². The Morgan fingerprint density at radius 3 is 3.06 bits per heavy atom. The molecule has 1 aliphatic rings. The van der Waals surface area contributed by atoms with Crippen molar-refractivity contribution in [2.45, 2.75) is 12.6 Å². The highest BCUT2D eigenvalue weighted by Crippen LogP contribution is 2.16. The molecule has 5 nitrogen and oxygen atoms in total. The van der Waals surface area contributed by atoms with Crippen LogP contribution in [0.15, 0.2) is 12.1 Å². The smallest absolute Gasteiger partial charge is 0.345 e. The first-order valence-electron chi connectivity index (χ1n) is 5.48. The van der Waals surface area contributed by atoms with Gasteiger partial charge < -0.3 is 19.9 Å². The van der Waals surface area contributed by atoms with Gasteiger partial charge in [0.25, 0.3) is 0 Å². The number of thiophene rings is 1. The minimum Gasteiger partial charge on any atom is -0.477 e. The molecule has 0 spiro atoms. The summed E-state index contributed by atoms with van der Waals surface area (Å²) in [6.07, 6.45) is 0.0997. The lowest BCUT2D eigenvalue weighted by Crippen LogP contribution is -2.37. The first-order chi connectivity index (χ1) is 8.25. The number of carboxylic acids is 1. The van der Waals surface area contributed by atoms with Crippen molar-refractivity contribution in [2.24, 2.45) is 0 Å². The molecule has 2 heterocycles. The lowest BCUT2D eigenvalue weighted by molar-refractivity contribution is -0.0864. The molecular weight excluding hydrogens is 242 g/mol. The molecule has 0 amide bonds. The van der Waals surface area contributed by atoms with Gasteiger partial charge in [0.2, 0.25) is 0 Å². The number of rotatable bonds is 5. The highest BCUT2D eigenvalue weighted by molar-refractivity contribution is 7.13. The van der Waals surface area contributed by atoms with E-state index in [4.69, 9.17) is 14.6 Å². The van der Waals surface area contributed by atoms with Crippen LogP contribution >= 0.6 is 11.3 Å². The van der Waals surface area contributed by atoms with Crippen molar-refractivity contribution in [3.8, 4) is 0 Å². The van der Waals surface area contributed by atoms with Gasteiger partial charge in [-0.25, -0.2) is 4.79 Å². The van der Waals surface area contributed by atoms with E-state index in [1.165, 1.54) is 11.3 Å². The summed E-state index contributed by atoms with van der Waals surface area (Å²) >= 11 is 1.29. The zero-order valence-corrected chi connectivity index (χ0v) is 10.2. The van der Waals surface area contributed by atoms with Crippen LogP contribution in [0, 0.1) is 0 Å². The summed E-state index contributed by atoms with van der Waals surface area (Å²) in [6, 6.07) is 3.46. The number of carbonyl (C=O) groups is 1. The Labute approximate surface area is 103 Å².